The van der Waals surface area contributed by atoms with Crippen LogP contribution in [0.4, 0.5) is 5.69 Å². The Bertz CT molecular complexity index is 904. The van der Waals surface area contributed by atoms with Crippen LogP contribution in [0.3, 0.4) is 0 Å². The maximum absolute atomic E-state index is 12.4. The normalized spacial score (nSPS) is 10.5. The molecular weight excluding hydrogens is 354 g/mol. The van der Waals surface area contributed by atoms with Gasteiger partial charge in [0, 0.05) is 16.3 Å². The molecule has 3 rings (SSSR count). The Hall–Kier alpha value is -2.30. The number of anilines is 1. The Morgan fingerprint density at radius 3 is 2.72 bits per heavy atom. The summed E-state index contributed by atoms with van der Waals surface area (Å²) in [7, 11) is 0. The predicted octanol–water partition coefficient (Wildman–Crippen LogP) is 5.85. The fourth-order valence-electron chi connectivity index (χ4n) is 2.31. The average molecular weight is 372 g/mol. The lowest BCUT2D eigenvalue weighted by atomic mass is 10.1. The van der Waals surface area contributed by atoms with Crippen LogP contribution in [0.5, 0.6) is 5.75 Å². The molecule has 25 heavy (non-hydrogen) atoms. The zero-order valence-corrected chi connectivity index (χ0v) is 15.6. The van der Waals surface area contributed by atoms with Gasteiger partial charge in [-0.25, -0.2) is 0 Å². The van der Waals surface area contributed by atoms with Crippen LogP contribution < -0.4 is 10.1 Å². The van der Waals surface area contributed by atoms with Crippen molar-refractivity contribution in [2.45, 2.75) is 20.5 Å². The number of thiophene rings is 1. The van der Waals surface area contributed by atoms with Gasteiger partial charge in [-0.05, 0) is 66.8 Å². The van der Waals surface area contributed by atoms with Crippen molar-refractivity contribution >= 4 is 34.5 Å². The summed E-state index contributed by atoms with van der Waals surface area (Å²) in [6.45, 7) is 4.47. The van der Waals surface area contributed by atoms with Crippen LogP contribution in [-0.2, 0) is 6.61 Å². The highest BCUT2D eigenvalue weighted by atomic mass is 35.5. The lowest BCUT2D eigenvalue weighted by Gasteiger charge is -2.06. The third kappa shape index (κ3) is 4.62. The van der Waals surface area contributed by atoms with Crippen LogP contribution in [-0.4, -0.2) is 5.91 Å². The van der Waals surface area contributed by atoms with Gasteiger partial charge in [-0.15, -0.1) is 11.3 Å². The van der Waals surface area contributed by atoms with Gasteiger partial charge in [-0.2, -0.15) is 0 Å². The molecule has 0 atom stereocenters. The minimum atomic E-state index is -0.109. The summed E-state index contributed by atoms with van der Waals surface area (Å²) >= 11 is 7.34. The summed E-state index contributed by atoms with van der Waals surface area (Å²) in [4.78, 5) is 13.0. The summed E-state index contributed by atoms with van der Waals surface area (Å²) in [5, 5.41) is 5.50. The van der Waals surface area contributed by atoms with Crippen molar-refractivity contribution < 1.29 is 9.53 Å². The van der Waals surface area contributed by atoms with E-state index in [1.807, 2.05) is 55.6 Å². The predicted molar refractivity (Wildman–Crippen MR) is 104 cm³/mol. The van der Waals surface area contributed by atoms with E-state index >= 15 is 0 Å². The lowest BCUT2D eigenvalue weighted by Crippen LogP contribution is -2.10. The number of ether oxygens (including phenoxy) is 1. The third-order valence-corrected chi connectivity index (χ3v) is 5.06. The van der Waals surface area contributed by atoms with E-state index in [4.69, 9.17) is 16.3 Å². The number of halogens is 1. The molecule has 3 nitrogen and oxygen atoms in total. The first-order valence-corrected chi connectivity index (χ1v) is 9.11. The number of aryl methyl sites for hydroxylation is 2. The van der Waals surface area contributed by atoms with Crippen LogP contribution in [0.1, 0.15) is 26.4 Å². The van der Waals surface area contributed by atoms with Crippen LogP contribution >= 0.6 is 22.9 Å². The third-order valence-electron chi connectivity index (χ3n) is 3.84. The Kier molecular flexibility index (Phi) is 5.41. The molecule has 0 saturated carbocycles. The van der Waals surface area contributed by atoms with Crippen LogP contribution in [0.2, 0.25) is 5.02 Å². The second-order valence-corrected chi connectivity index (χ2v) is 7.17. The first kappa shape index (κ1) is 17.5. The maximum atomic E-state index is 12.4. The minimum absolute atomic E-state index is 0.109. The van der Waals surface area contributed by atoms with E-state index in [2.05, 4.69) is 5.32 Å². The first-order chi connectivity index (χ1) is 12.0. The van der Waals surface area contributed by atoms with Crippen molar-refractivity contribution in [1.82, 2.24) is 0 Å². The number of carbonyl (C=O) groups is 1. The van der Waals surface area contributed by atoms with Crippen molar-refractivity contribution in [3.63, 3.8) is 0 Å². The molecular formula is C20H18ClNO2S. The number of amides is 1. The largest absolute Gasteiger partial charge is 0.489 e. The van der Waals surface area contributed by atoms with E-state index < -0.39 is 0 Å². The quantitative estimate of drug-likeness (QED) is 0.610. The number of nitrogens with one attached hydrogen (secondary N) is 1. The SMILES string of the molecule is Cc1ccc(NC(=O)c2cc(COc3cccc(Cl)c3)cs2)cc1C. The van der Waals surface area contributed by atoms with Crippen molar-refractivity contribution in [3.05, 3.63) is 80.5 Å². The van der Waals surface area contributed by atoms with Gasteiger partial charge in [0.25, 0.3) is 5.91 Å². The fraction of sp³-hybridized carbons (Fsp3) is 0.150. The molecule has 128 valence electrons. The van der Waals surface area contributed by atoms with Gasteiger partial charge in [-0.3, -0.25) is 4.79 Å². The molecule has 0 aliphatic rings. The molecule has 0 unspecified atom stereocenters. The standard InChI is InChI=1S/C20H18ClNO2S/c1-13-6-7-17(8-14(13)2)22-20(23)19-9-15(12-25-19)11-24-18-5-3-4-16(21)10-18/h3-10,12H,11H2,1-2H3,(H,22,23). The fourth-order valence-corrected chi connectivity index (χ4v) is 3.28. The minimum Gasteiger partial charge on any atom is -0.489 e. The second kappa shape index (κ2) is 7.72. The summed E-state index contributed by atoms with van der Waals surface area (Å²) in [5.41, 5.74) is 4.11. The summed E-state index contributed by atoms with van der Waals surface area (Å²) in [5.74, 6) is 0.599. The lowest BCUT2D eigenvalue weighted by molar-refractivity contribution is 0.103. The molecule has 0 saturated heterocycles. The molecule has 0 aliphatic heterocycles. The van der Waals surface area contributed by atoms with Crippen molar-refractivity contribution in [1.29, 1.82) is 0 Å². The molecule has 1 N–H and O–H groups in total. The molecule has 0 fully saturated rings. The molecule has 0 aliphatic carbocycles. The molecule has 1 amide bonds. The Balaban J connectivity index is 1.62. The smallest absolute Gasteiger partial charge is 0.265 e. The van der Waals surface area contributed by atoms with E-state index in [0.717, 1.165) is 16.8 Å². The zero-order chi connectivity index (χ0) is 17.8. The van der Waals surface area contributed by atoms with Gasteiger partial charge >= 0.3 is 0 Å². The molecule has 0 radical (unpaired) electrons. The first-order valence-electron chi connectivity index (χ1n) is 7.85. The van der Waals surface area contributed by atoms with E-state index in [1.165, 1.54) is 16.9 Å². The van der Waals surface area contributed by atoms with Gasteiger partial charge in [-0.1, -0.05) is 23.7 Å². The number of hydrogen-bond donors (Lipinski definition) is 1. The summed E-state index contributed by atoms with van der Waals surface area (Å²) < 4.78 is 5.70. The average Bonchev–Trinajstić information content (AvgIpc) is 3.06. The Morgan fingerprint density at radius 2 is 1.96 bits per heavy atom. The highest BCUT2D eigenvalue weighted by molar-refractivity contribution is 7.12. The number of hydrogen-bond acceptors (Lipinski definition) is 3. The Labute approximate surface area is 156 Å². The molecule has 0 spiro atoms. The molecule has 3 aromatic rings. The molecule has 5 heteroatoms. The van der Waals surface area contributed by atoms with Gasteiger partial charge in [0.05, 0.1) is 4.88 Å². The molecule has 1 aromatic heterocycles. The second-order valence-electron chi connectivity index (χ2n) is 5.82. The highest BCUT2D eigenvalue weighted by Crippen LogP contribution is 2.22. The van der Waals surface area contributed by atoms with Gasteiger partial charge in [0.1, 0.15) is 12.4 Å². The maximum Gasteiger partial charge on any atom is 0.265 e. The zero-order valence-electron chi connectivity index (χ0n) is 14.0. The number of carbonyl (C=O) groups excluding carboxylic acids is 1. The van der Waals surface area contributed by atoms with Crippen LogP contribution in [0.25, 0.3) is 0 Å². The highest BCUT2D eigenvalue weighted by Gasteiger charge is 2.10. The van der Waals surface area contributed by atoms with Gasteiger partial charge in [0.15, 0.2) is 0 Å². The van der Waals surface area contributed by atoms with E-state index in [0.29, 0.717) is 22.3 Å². The number of rotatable bonds is 5. The van der Waals surface area contributed by atoms with Crippen molar-refractivity contribution in [3.8, 4) is 5.75 Å². The molecule has 1 heterocycles. The molecule has 0 bridgehead atoms. The van der Waals surface area contributed by atoms with Crippen LogP contribution in [0.15, 0.2) is 53.9 Å². The summed E-state index contributed by atoms with van der Waals surface area (Å²) in [6.07, 6.45) is 0. The van der Waals surface area contributed by atoms with Crippen molar-refractivity contribution in [2.24, 2.45) is 0 Å². The van der Waals surface area contributed by atoms with Gasteiger partial charge < -0.3 is 10.1 Å². The van der Waals surface area contributed by atoms with E-state index in [9.17, 15) is 4.79 Å². The Morgan fingerprint density at radius 1 is 1.12 bits per heavy atom. The van der Waals surface area contributed by atoms with Crippen LogP contribution in [0, 0.1) is 13.8 Å². The summed E-state index contributed by atoms with van der Waals surface area (Å²) in [6, 6.07) is 15.0. The molecule has 2 aromatic carbocycles. The van der Waals surface area contributed by atoms with Crippen molar-refractivity contribution in [2.75, 3.05) is 5.32 Å². The monoisotopic (exact) mass is 371 g/mol. The topological polar surface area (TPSA) is 38.3 Å². The van der Waals surface area contributed by atoms with E-state index in [1.54, 1.807) is 12.1 Å². The van der Waals surface area contributed by atoms with Gasteiger partial charge in [0.2, 0.25) is 0 Å². The number of benzene rings is 2. The van der Waals surface area contributed by atoms with E-state index in [-0.39, 0.29) is 5.91 Å².